The lowest BCUT2D eigenvalue weighted by Gasteiger charge is -2.28. The SMILES string of the molecule is CCN(Cc1cc(F)cc(F)c1)C(=O)C1CCCCC1. The molecule has 0 saturated heterocycles. The number of nitrogens with zero attached hydrogens (tertiary/aromatic N) is 1. The summed E-state index contributed by atoms with van der Waals surface area (Å²) in [6.45, 7) is 2.74. The van der Waals surface area contributed by atoms with Gasteiger partial charge in [0.15, 0.2) is 0 Å². The van der Waals surface area contributed by atoms with Gasteiger partial charge in [0.2, 0.25) is 5.91 Å². The Hall–Kier alpha value is -1.45. The van der Waals surface area contributed by atoms with Crippen molar-refractivity contribution in [3.05, 3.63) is 35.4 Å². The van der Waals surface area contributed by atoms with Crippen molar-refractivity contribution < 1.29 is 13.6 Å². The largest absolute Gasteiger partial charge is 0.338 e. The second-order valence-electron chi connectivity index (χ2n) is 5.47. The molecule has 0 heterocycles. The highest BCUT2D eigenvalue weighted by molar-refractivity contribution is 5.78. The van der Waals surface area contributed by atoms with Gasteiger partial charge in [0.1, 0.15) is 11.6 Å². The first-order valence-electron chi connectivity index (χ1n) is 7.34. The molecule has 1 aliphatic rings. The van der Waals surface area contributed by atoms with Crippen LogP contribution in [-0.4, -0.2) is 17.4 Å². The maximum Gasteiger partial charge on any atom is 0.225 e. The molecule has 1 aliphatic carbocycles. The van der Waals surface area contributed by atoms with Crippen LogP contribution in [-0.2, 0) is 11.3 Å². The molecule has 2 nitrogen and oxygen atoms in total. The van der Waals surface area contributed by atoms with Crippen molar-refractivity contribution >= 4 is 5.91 Å². The molecule has 1 aromatic carbocycles. The summed E-state index contributed by atoms with van der Waals surface area (Å²) in [5.74, 6) is -0.985. The number of benzene rings is 1. The first-order chi connectivity index (χ1) is 9.60. The first kappa shape index (κ1) is 14.9. The van der Waals surface area contributed by atoms with Crippen molar-refractivity contribution in [3.63, 3.8) is 0 Å². The molecule has 1 fully saturated rings. The summed E-state index contributed by atoms with van der Waals surface area (Å²) >= 11 is 0. The van der Waals surface area contributed by atoms with Gasteiger partial charge in [0.25, 0.3) is 0 Å². The third-order valence-electron chi connectivity index (χ3n) is 3.94. The minimum Gasteiger partial charge on any atom is -0.338 e. The van der Waals surface area contributed by atoms with Crippen LogP contribution in [0.15, 0.2) is 18.2 Å². The molecule has 1 saturated carbocycles. The zero-order valence-electron chi connectivity index (χ0n) is 11.9. The summed E-state index contributed by atoms with van der Waals surface area (Å²) in [7, 11) is 0. The Labute approximate surface area is 118 Å². The van der Waals surface area contributed by atoms with Crippen molar-refractivity contribution in [1.29, 1.82) is 0 Å². The fraction of sp³-hybridized carbons (Fsp3) is 0.562. The first-order valence-corrected chi connectivity index (χ1v) is 7.34. The van der Waals surface area contributed by atoms with Crippen LogP contribution in [0.5, 0.6) is 0 Å². The summed E-state index contributed by atoms with van der Waals surface area (Å²) in [4.78, 5) is 14.1. The van der Waals surface area contributed by atoms with E-state index in [4.69, 9.17) is 0 Å². The van der Waals surface area contributed by atoms with Crippen LogP contribution in [0, 0.1) is 17.6 Å². The number of carbonyl (C=O) groups is 1. The summed E-state index contributed by atoms with van der Waals surface area (Å²) in [6, 6.07) is 3.43. The molecule has 0 aliphatic heterocycles. The topological polar surface area (TPSA) is 20.3 Å². The Morgan fingerprint density at radius 2 is 1.75 bits per heavy atom. The van der Waals surface area contributed by atoms with E-state index in [1.165, 1.54) is 18.6 Å². The van der Waals surface area contributed by atoms with Crippen LogP contribution in [0.1, 0.15) is 44.6 Å². The predicted molar refractivity (Wildman–Crippen MR) is 74.0 cm³/mol. The zero-order valence-corrected chi connectivity index (χ0v) is 11.9. The summed E-state index contributed by atoms with van der Waals surface area (Å²) < 4.78 is 26.4. The molecule has 0 spiro atoms. The smallest absolute Gasteiger partial charge is 0.225 e. The van der Waals surface area contributed by atoms with Gasteiger partial charge in [0, 0.05) is 25.1 Å². The molecule has 1 aromatic rings. The van der Waals surface area contributed by atoms with E-state index in [2.05, 4.69) is 0 Å². The quantitative estimate of drug-likeness (QED) is 0.820. The van der Waals surface area contributed by atoms with Crippen LogP contribution >= 0.6 is 0 Å². The average Bonchev–Trinajstić information content (AvgIpc) is 2.44. The second-order valence-corrected chi connectivity index (χ2v) is 5.47. The van der Waals surface area contributed by atoms with Crippen LogP contribution < -0.4 is 0 Å². The van der Waals surface area contributed by atoms with Gasteiger partial charge in [0.05, 0.1) is 0 Å². The Kier molecular flexibility index (Phi) is 5.10. The van der Waals surface area contributed by atoms with Crippen LogP contribution in [0.2, 0.25) is 0 Å². The van der Waals surface area contributed by atoms with E-state index in [1.807, 2.05) is 6.92 Å². The van der Waals surface area contributed by atoms with E-state index in [-0.39, 0.29) is 18.4 Å². The van der Waals surface area contributed by atoms with Gasteiger partial charge in [-0.05, 0) is 37.5 Å². The second kappa shape index (κ2) is 6.82. The maximum atomic E-state index is 13.2. The van der Waals surface area contributed by atoms with Crippen LogP contribution in [0.4, 0.5) is 8.78 Å². The molecule has 0 radical (unpaired) electrons. The molecule has 20 heavy (non-hydrogen) atoms. The van der Waals surface area contributed by atoms with Gasteiger partial charge in [-0.1, -0.05) is 19.3 Å². The van der Waals surface area contributed by atoms with Gasteiger partial charge in [-0.2, -0.15) is 0 Å². The minimum absolute atomic E-state index is 0.0853. The molecule has 1 amide bonds. The summed E-state index contributed by atoms with van der Waals surface area (Å²) in [5, 5.41) is 0. The molecule has 4 heteroatoms. The highest BCUT2D eigenvalue weighted by atomic mass is 19.1. The molecule has 110 valence electrons. The Bertz CT molecular complexity index is 449. The lowest BCUT2D eigenvalue weighted by molar-refractivity contribution is -0.137. The van der Waals surface area contributed by atoms with Crippen molar-refractivity contribution in [1.82, 2.24) is 4.90 Å². The third kappa shape index (κ3) is 3.78. The number of rotatable bonds is 4. The number of carbonyl (C=O) groups excluding carboxylic acids is 1. The molecule has 0 N–H and O–H groups in total. The van der Waals surface area contributed by atoms with E-state index in [9.17, 15) is 13.6 Å². The number of hydrogen-bond acceptors (Lipinski definition) is 1. The average molecular weight is 281 g/mol. The monoisotopic (exact) mass is 281 g/mol. The maximum absolute atomic E-state index is 13.2. The third-order valence-corrected chi connectivity index (χ3v) is 3.94. The number of halogens is 2. The molecule has 0 unspecified atom stereocenters. The van der Waals surface area contributed by atoms with Gasteiger partial charge in [-0.25, -0.2) is 8.78 Å². The normalized spacial score (nSPS) is 16.1. The summed E-state index contributed by atoms with van der Waals surface area (Å²) in [5.41, 5.74) is 0.508. The highest BCUT2D eigenvalue weighted by Gasteiger charge is 2.25. The van der Waals surface area contributed by atoms with Gasteiger partial charge in [-0.3, -0.25) is 4.79 Å². The van der Waals surface area contributed by atoms with Crippen molar-refractivity contribution in [2.45, 2.75) is 45.6 Å². The van der Waals surface area contributed by atoms with E-state index in [1.54, 1.807) is 4.90 Å². The van der Waals surface area contributed by atoms with Gasteiger partial charge >= 0.3 is 0 Å². The lowest BCUT2D eigenvalue weighted by atomic mass is 9.88. The number of amides is 1. The standard InChI is InChI=1S/C16H21F2NO/c1-2-19(16(20)13-6-4-3-5-7-13)11-12-8-14(17)10-15(18)9-12/h8-10,13H,2-7,11H2,1H3. The fourth-order valence-electron chi connectivity index (χ4n) is 2.88. The molecule has 0 atom stereocenters. The predicted octanol–water partition coefficient (Wildman–Crippen LogP) is 3.89. The van der Waals surface area contributed by atoms with Crippen molar-refractivity contribution in [2.24, 2.45) is 5.92 Å². The van der Waals surface area contributed by atoms with Crippen LogP contribution in [0.25, 0.3) is 0 Å². The molecule has 0 aromatic heterocycles. The minimum atomic E-state index is -0.596. The zero-order chi connectivity index (χ0) is 14.5. The molecule has 2 rings (SSSR count). The van der Waals surface area contributed by atoms with E-state index in [0.29, 0.717) is 12.1 Å². The fourth-order valence-corrected chi connectivity index (χ4v) is 2.88. The Morgan fingerprint density at radius 3 is 2.30 bits per heavy atom. The Balaban J connectivity index is 2.05. The van der Waals surface area contributed by atoms with Crippen LogP contribution in [0.3, 0.4) is 0 Å². The van der Waals surface area contributed by atoms with E-state index in [0.717, 1.165) is 31.7 Å². The van der Waals surface area contributed by atoms with Gasteiger partial charge < -0.3 is 4.90 Å². The highest BCUT2D eigenvalue weighted by Crippen LogP contribution is 2.26. The van der Waals surface area contributed by atoms with E-state index < -0.39 is 11.6 Å². The lowest BCUT2D eigenvalue weighted by Crippen LogP contribution is -2.36. The summed E-state index contributed by atoms with van der Waals surface area (Å²) in [6.07, 6.45) is 5.27. The molecular formula is C16H21F2NO. The molecular weight excluding hydrogens is 260 g/mol. The molecule has 0 bridgehead atoms. The van der Waals surface area contributed by atoms with Crippen molar-refractivity contribution in [2.75, 3.05) is 6.54 Å². The van der Waals surface area contributed by atoms with Gasteiger partial charge in [-0.15, -0.1) is 0 Å². The van der Waals surface area contributed by atoms with E-state index >= 15 is 0 Å². The number of hydrogen-bond donors (Lipinski definition) is 0. The Morgan fingerprint density at radius 1 is 1.15 bits per heavy atom. The van der Waals surface area contributed by atoms with Crippen molar-refractivity contribution in [3.8, 4) is 0 Å².